The number of nitrogens with zero attached hydrogens (tertiary/aromatic N) is 3. The molecule has 1 fully saturated rings. The van der Waals surface area contributed by atoms with Crippen LogP contribution < -0.4 is 0 Å². The molecule has 1 amide bonds. The fourth-order valence-electron chi connectivity index (χ4n) is 3.65. The van der Waals surface area contributed by atoms with Gasteiger partial charge in [0, 0.05) is 32.6 Å². The van der Waals surface area contributed by atoms with E-state index in [4.69, 9.17) is 4.74 Å². The van der Waals surface area contributed by atoms with Crippen LogP contribution >= 0.6 is 0 Å². The van der Waals surface area contributed by atoms with Crippen molar-refractivity contribution < 1.29 is 19.4 Å². The Kier molecular flexibility index (Phi) is 4.76. The summed E-state index contributed by atoms with van der Waals surface area (Å²) in [4.78, 5) is 26.2. The zero-order valence-electron chi connectivity index (χ0n) is 14.6. The molecule has 7 nitrogen and oxygen atoms in total. The van der Waals surface area contributed by atoms with Crippen molar-refractivity contribution in [2.24, 2.45) is 12.5 Å². The first-order valence-corrected chi connectivity index (χ1v) is 8.37. The maximum atomic E-state index is 12.8. The topological polar surface area (TPSA) is 84.7 Å². The molecular weight excluding hydrogens is 322 g/mol. The molecule has 0 bridgehead atoms. The molecule has 0 aliphatic carbocycles. The van der Waals surface area contributed by atoms with Crippen LogP contribution in [-0.4, -0.2) is 58.5 Å². The lowest BCUT2D eigenvalue weighted by atomic mass is 9.80. The summed E-state index contributed by atoms with van der Waals surface area (Å²) < 4.78 is 6.88. The normalized spacial score (nSPS) is 20.8. The third kappa shape index (κ3) is 3.24. The fraction of sp³-hybridized carbons (Fsp3) is 0.500. The molecule has 7 heteroatoms. The van der Waals surface area contributed by atoms with E-state index in [0.29, 0.717) is 19.4 Å². The number of likely N-dealkylation sites (tertiary alicyclic amines) is 1. The minimum atomic E-state index is -1.02. The number of carbonyl (C=O) groups excluding carboxylic acids is 1. The summed E-state index contributed by atoms with van der Waals surface area (Å²) in [6.45, 7) is 0.862. The van der Waals surface area contributed by atoms with Crippen LogP contribution in [0, 0.1) is 5.41 Å². The van der Waals surface area contributed by atoms with E-state index in [2.05, 4.69) is 5.10 Å². The molecule has 1 unspecified atom stereocenters. The van der Waals surface area contributed by atoms with Gasteiger partial charge in [0.2, 0.25) is 5.91 Å². The number of carboxylic acid groups (broad SMARTS) is 1. The molecule has 25 heavy (non-hydrogen) atoms. The highest BCUT2D eigenvalue weighted by Crippen LogP contribution is 2.31. The second-order valence-corrected chi connectivity index (χ2v) is 6.70. The Bertz CT molecular complexity index is 797. The number of carboxylic acids is 1. The van der Waals surface area contributed by atoms with E-state index in [1.807, 2.05) is 31.3 Å². The van der Waals surface area contributed by atoms with E-state index in [9.17, 15) is 14.7 Å². The third-order valence-electron chi connectivity index (χ3n) is 4.96. The number of hydrogen-bond acceptors (Lipinski definition) is 4. The van der Waals surface area contributed by atoms with Gasteiger partial charge in [-0.2, -0.15) is 5.10 Å². The van der Waals surface area contributed by atoms with Gasteiger partial charge in [0.15, 0.2) is 0 Å². The predicted octanol–water partition coefficient (Wildman–Crippen LogP) is 1.46. The van der Waals surface area contributed by atoms with Crippen molar-refractivity contribution in [1.82, 2.24) is 14.7 Å². The molecule has 1 aliphatic heterocycles. The number of carbonyl (C=O) groups is 2. The number of amides is 1. The molecule has 1 aliphatic rings. The molecule has 1 aromatic heterocycles. The highest BCUT2D eigenvalue weighted by molar-refractivity contribution is 5.88. The number of methoxy groups -OCH3 is 1. The molecule has 1 saturated heterocycles. The van der Waals surface area contributed by atoms with Gasteiger partial charge in [0.25, 0.3) is 0 Å². The average molecular weight is 345 g/mol. The molecule has 0 spiro atoms. The SMILES string of the molecule is COCC1(C(=O)O)CCCN(C(=O)Cc2nn(C)c3ccccc23)C1. The van der Waals surface area contributed by atoms with Crippen LogP contribution in [-0.2, 0) is 27.8 Å². The van der Waals surface area contributed by atoms with Crippen molar-refractivity contribution in [3.8, 4) is 0 Å². The number of piperidine rings is 1. The van der Waals surface area contributed by atoms with Crippen molar-refractivity contribution in [2.45, 2.75) is 19.3 Å². The summed E-state index contributed by atoms with van der Waals surface area (Å²) in [5.41, 5.74) is 0.680. The highest BCUT2D eigenvalue weighted by atomic mass is 16.5. The number of para-hydroxylation sites is 1. The standard InChI is InChI=1S/C18H23N3O4/c1-20-15-7-4-3-6-13(15)14(19-20)10-16(22)21-9-5-8-18(11-21,12-25-2)17(23)24/h3-4,6-7H,5,8-12H2,1-2H3,(H,23,24). The first-order valence-electron chi connectivity index (χ1n) is 8.37. The van der Waals surface area contributed by atoms with Crippen molar-refractivity contribution in [2.75, 3.05) is 26.8 Å². The van der Waals surface area contributed by atoms with Crippen LogP contribution in [0.1, 0.15) is 18.5 Å². The number of hydrogen-bond donors (Lipinski definition) is 1. The minimum Gasteiger partial charge on any atom is -0.481 e. The van der Waals surface area contributed by atoms with Gasteiger partial charge in [-0.1, -0.05) is 18.2 Å². The molecule has 0 radical (unpaired) electrons. The Hall–Kier alpha value is -2.41. The minimum absolute atomic E-state index is 0.0923. The number of benzene rings is 1. The van der Waals surface area contributed by atoms with Gasteiger partial charge in [-0.05, 0) is 18.9 Å². The quantitative estimate of drug-likeness (QED) is 0.887. The van der Waals surface area contributed by atoms with E-state index in [1.165, 1.54) is 7.11 Å². The summed E-state index contributed by atoms with van der Waals surface area (Å²) in [5, 5.41) is 15.0. The summed E-state index contributed by atoms with van der Waals surface area (Å²) in [5.74, 6) is -1.000. The smallest absolute Gasteiger partial charge is 0.313 e. The molecule has 0 saturated carbocycles. The van der Waals surface area contributed by atoms with Gasteiger partial charge in [0.1, 0.15) is 5.41 Å². The molecule has 3 rings (SSSR count). The Labute approximate surface area is 146 Å². The summed E-state index contributed by atoms with van der Waals surface area (Å²) in [7, 11) is 3.34. The first kappa shape index (κ1) is 17.4. The van der Waals surface area contributed by atoms with Crippen molar-refractivity contribution in [3.63, 3.8) is 0 Å². The van der Waals surface area contributed by atoms with Crippen molar-refractivity contribution >= 4 is 22.8 Å². The molecule has 1 atom stereocenters. The number of rotatable bonds is 5. The van der Waals surface area contributed by atoms with Crippen LogP contribution in [0.4, 0.5) is 0 Å². The number of aryl methyl sites for hydroxylation is 1. The maximum absolute atomic E-state index is 12.8. The largest absolute Gasteiger partial charge is 0.481 e. The van der Waals surface area contributed by atoms with Gasteiger partial charge >= 0.3 is 5.97 Å². The van der Waals surface area contributed by atoms with Crippen LogP contribution in [0.5, 0.6) is 0 Å². The molecule has 2 aromatic rings. The van der Waals surface area contributed by atoms with E-state index < -0.39 is 11.4 Å². The Morgan fingerprint density at radius 3 is 2.84 bits per heavy atom. The van der Waals surface area contributed by atoms with Crippen molar-refractivity contribution in [1.29, 1.82) is 0 Å². The predicted molar refractivity (Wildman–Crippen MR) is 92.2 cm³/mol. The zero-order valence-corrected chi connectivity index (χ0v) is 14.6. The summed E-state index contributed by atoms with van der Waals surface area (Å²) in [6.07, 6.45) is 1.35. The lowest BCUT2D eigenvalue weighted by Crippen LogP contribution is -2.52. The fourth-order valence-corrected chi connectivity index (χ4v) is 3.65. The molecule has 1 aromatic carbocycles. The number of aliphatic carboxylic acids is 1. The van der Waals surface area contributed by atoms with Crippen LogP contribution in [0.2, 0.25) is 0 Å². The van der Waals surface area contributed by atoms with E-state index >= 15 is 0 Å². The van der Waals surface area contributed by atoms with Gasteiger partial charge in [0.05, 0.1) is 24.2 Å². The highest BCUT2D eigenvalue weighted by Gasteiger charge is 2.43. The molecule has 2 heterocycles. The van der Waals surface area contributed by atoms with Crippen molar-refractivity contribution in [3.05, 3.63) is 30.0 Å². The van der Waals surface area contributed by atoms with Gasteiger partial charge < -0.3 is 14.7 Å². The van der Waals surface area contributed by atoms with Crippen LogP contribution in [0.25, 0.3) is 10.9 Å². The second kappa shape index (κ2) is 6.84. The van der Waals surface area contributed by atoms with Gasteiger partial charge in [-0.3, -0.25) is 14.3 Å². The maximum Gasteiger partial charge on any atom is 0.313 e. The third-order valence-corrected chi connectivity index (χ3v) is 4.96. The Balaban J connectivity index is 1.79. The van der Waals surface area contributed by atoms with Gasteiger partial charge in [-0.25, -0.2) is 0 Å². The van der Waals surface area contributed by atoms with Crippen LogP contribution in [0.3, 0.4) is 0 Å². The Morgan fingerprint density at radius 1 is 1.36 bits per heavy atom. The lowest BCUT2D eigenvalue weighted by Gasteiger charge is -2.39. The number of ether oxygens (including phenoxy) is 1. The second-order valence-electron chi connectivity index (χ2n) is 6.70. The number of aromatic nitrogens is 2. The van der Waals surface area contributed by atoms with E-state index in [0.717, 1.165) is 16.6 Å². The van der Waals surface area contributed by atoms with E-state index in [1.54, 1.807) is 9.58 Å². The lowest BCUT2D eigenvalue weighted by molar-refractivity contribution is -0.159. The zero-order chi connectivity index (χ0) is 18.0. The summed E-state index contributed by atoms with van der Waals surface area (Å²) in [6, 6.07) is 7.78. The molecular formula is C18H23N3O4. The average Bonchev–Trinajstić information content (AvgIpc) is 2.91. The number of fused-ring (bicyclic) bond motifs is 1. The molecule has 134 valence electrons. The Morgan fingerprint density at radius 2 is 2.12 bits per heavy atom. The summed E-state index contributed by atoms with van der Waals surface area (Å²) >= 11 is 0. The molecule has 1 N–H and O–H groups in total. The first-order chi connectivity index (χ1) is 12.0. The van der Waals surface area contributed by atoms with Gasteiger partial charge in [-0.15, -0.1) is 0 Å². The van der Waals surface area contributed by atoms with E-state index in [-0.39, 0.29) is 25.5 Å². The van der Waals surface area contributed by atoms with Crippen LogP contribution in [0.15, 0.2) is 24.3 Å². The monoisotopic (exact) mass is 345 g/mol.